The molecule has 0 spiro atoms. The van der Waals surface area contributed by atoms with Gasteiger partial charge < -0.3 is 10.2 Å². The Bertz CT molecular complexity index is 433. The minimum absolute atomic E-state index is 0.171. The largest absolute Gasteiger partial charge is 0.356 e. The van der Waals surface area contributed by atoms with E-state index in [9.17, 15) is 4.79 Å². The van der Waals surface area contributed by atoms with E-state index < -0.39 is 0 Å². The van der Waals surface area contributed by atoms with Gasteiger partial charge in [-0.05, 0) is 57.0 Å². The first-order valence-electron chi connectivity index (χ1n) is 7.36. The summed E-state index contributed by atoms with van der Waals surface area (Å²) in [6, 6.07) is 7.90. The molecule has 0 aromatic heterocycles. The number of nitrogens with one attached hydrogen (secondary N) is 1. The number of aryl methyl sites for hydroxylation is 1. The fourth-order valence-corrected chi connectivity index (χ4v) is 2.81. The molecule has 20 heavy (non-hydrogen) atoms. The lowest BCUT2D eigenvalue weighted by Gasteiger charge is -2.28. The van der Waals surface area contributed by atoms with Crippen molar-refractivity contribution < 1.29 is 4.79 Å². The minimum Gasteiger partial charge on any atom is -0.356 e. The minimum atomic E-state index is 0.171. The third kappa shape index (κ3) is 4.80. The van der Waals surface area contributed by atoms with Gasteiger partial charge in [0.1, 0.15) is 0 Å². The van der Waals surface area contributed by atoms with Gasteiger partial charge in [-0.25, -0.2) is 0 Å². The molecular formula is C16H23ClN2O. The number of carbonyl (C=O) groups is 1. The molecule has 0 saturated carbocycles. The van der Waals surface area contributed by atoms with Crippen molar-refractivity contribution >= 4 is 17.5 Å². The molecule has 0 radical (unpaired) electrons. The molecule has 1 fully saturated rings. The highest BCUT2D eigenvalue weighted by Gasteiger charge is 2.23. The van der Waals surface area contributed by atoms with Crippen molar-refractivity contribution in [1.82, 2.24) is 10.2 Å². The predicted molar refractivity (Wildman–Crippen MR) is 83.0 cm³/mol. The molecule has 3 nitrogen and oxygen atoms in total. The summed E-state index contributed by atoms with van der Waals surface area (Å²) >= 11 is 5.85. The summed E-state index contributed by atoms with van der Waals surface area (Å²) in [5.74, 6) is 0.386. The molecule has 110 valence electrons. The van der Waals surface area contributed by atoms with Crippen LogP contribution in [0.15, 0.2) is 24.3 Å². The summed E-state index contributed by atoms with van der Waals surface area (Å²) in [6.45, 7) is 2.75. The van der Waals surface area contributed by atoms with Gasteiger partial charge in [0, 0.05) is 18.1 Å². The number of likely N-dealkylation sites (tertiary alicyclic amines) is 1. The molecule has 1 aromatic carbocycles. The van der Waals surface area contributed by atoms with E-state index in [1.54, 1.807) is 0 Å². The molecule has 0 unspecified atom stereocenters. The zero-order valence-electron chi connectivity index (χ0n) is 12.1. The van der Waals surface area contributed by atoms with Crippen molar-refractivity contribution in [1.29, 1.82) is 0 Å². The maximum Gasteiger partial charge on any atom is 0.224 e. The fourth-order valence-electron chi connectivity index (χ4n) is 2.68. The van der Waals surface area contributed by atoms with Crippen molar-refractivity contribution in [3.63, 3.8) is 0 Å². The topological polar surface area (TPSA) is 32.3 Å². The van der Waals surface area contributed by atoms with Gasteiger partial charge in [-0.3, -0.25) is 4.79 Å². The first-order valence-corrected chi connectivity index (χ1v) is 7.73. The van der Waals surface area contributed by atoms with Crippen molar-refractivity contribution in [3.8, 4) is 0 Å². The highest BCUT2D eigenvalue weighted by atomic mass is 35.5. The van der Waals surface area contributed by atoms with Crippen LogP contribution in [0, 0.1) is 5.92 Å². The highest BCUT2D eigenvalue weighted by molar-refractivity contribution is 6.30. The molecule has 1 aliphatic rings. The number of piperidine rings is 1. The predicted octanol–water partition coefficient (Wildman–Crippen LogP) is 2.73. The lowest BCUT2D eigenvalue weighted by molar-refractivity contribution is -0.126. The van der Waals surface area contributed by atoms with Gasteiger partial charge >= 0.3 is 0 Å². The summed E-state index contributed by atoms with van der Waals surface area (Å²) in [7, 11) is 2.08. The number of benzene rings is 1. The number of hydrogen-bond donors (Lipinski definition) is 1. The van der Waals surface area contributed by atoms with Crippen LogP contribution < -0.4 is 5.32 Å². The SMILES string of the molecule is CN1CCC[C@@H](C(=O)NCCCc2ccc(Cl)cc2)C1. The third-order valence-electron chi connectivity index (χ3n) is 3.85. The van der Waals surface area contributed by atoms with Crippen molar-refractivity contribution in [3.05, 3.63) is 34.9 Å². The molecule has 1 atom stereocenters. The Hall–Kier alpha value is -1.06. The van der Waals surface area contributed by atoms with Gasteiger partial charge in [0.2, 0.25) is 5.91 Å². The standard InChI is InChI=1S/C16H23ClN2O/c1-19-11-3-5-14(12-19)16(20)18-10-2-4-13-6-8-15(17)9-7-13/h6-9,14H,2-5,10-12H2,1H3,(H,18,20)/t14-/m1/s1. The average Bonchev–Trinajstić information content (AvgIpc) is 2.45. The zero-order chi connectivity index (χ0) is 14.4. The molecule has 1 N–H and O–H groups in total. The quantitative estimate of drug-likeness (QED) is 0.847. The lowest BCUT2D eigenvalue weighted by Crippen LogP contribution is -2.41. The number of rotatable bonds is 5. The molecule has 1 amide bonds. The van der Waals surface area contributed by atoms with E-state index in [0.717, 1.165) is 50.3 Å². The Morgan fingerprint density at radius 3 is 2.85 bits per heavy atom. The summed E-state index contributed by atoms with van der Waals surface area (Å²) in [5, 5.41) is 3.83. The second kappa shape index (κ2) is 7.65. The molecule has 4 heteroatoms. The number of amides is 1. The van der Waals surface area contributed by atoms with E-state index in [1.165, 1.54) is 5.56 Å². The number of nitrogens with zero attached hydrogens (tertiary/aromatic N) is 1. The number of hydrogen-bond acceptors (Lipinski definition) is 2. The smallest absolute Gasteiger partial charge is 0.224 e. The molecule has 1 aromatic rings. The van der Waals surface area contributed by atoms with Gasteiger partial charge in [0.25, 0.3) is 0 Å². The van der Waals surface area contributed by atoms with Crippen molar-refractivity contribution in [2.45, 2.75) is 25.7 Å². The van der Waals surface area contributed by atoms with Gasteiger partial charge in [-0.1, -0.05) is 23.7 Å². The van der Waals surface area contributed by atoms with Crippen molar-refractivity contribution in [2.75, 3.05) is 26.7 Å². The monoisotopic (exact) mass is 294 g/mol. The van der Waals surface area contributed by atoms with E-state index in [2.05, 4.69) is 17.3 Å². The van der Waals surface area contributed by atoms with E-state index in [1.807, 2.05) is 24.3 Å². The van der Waals surface area contributed by atoms with Crippen LogP contribution in [0.1, 0.15) is 24.8 Å². The molecule has 1 saturated heterocycles. The molecule has 1 heterocycles. The van der Waals surface area contributed by atoms with Crippen LogP contribution in [0.25, 0.3) is 0 Å². The van der Waals surface area contributed by atoms with E-state index in [0.29, 0.717) is 0 Å². The Kier molecular flexibility index (Phi) is 5.86. The number of carbonyl (C=O) groups excluding carboxylic acids is 1. The Labute approximate surface area is 126 Å². The molecular weight excluding hydrogens is 272 g/mol. The lowest BCUT2D eigenvalue weighted by atomic mass is 9.97. The van der Waals surface area contributed by atoms with E-state index in [-0.39, 0.29) is 11.8 Å². The summed E-state index contributed by atoms with van der Waals surface area (Å²) in [4.78, 5) is 14.3. The number of halogens is 1. The van der Waals surface area contributed by atoms with Gasteiger partial charge in [-0.2, -0.15) is 0 Å². The zero-order valence-corrected chi connectivity index (χ0v) is 12.8. The third-order valence-corrected chi connectivity index (χ3v) is 4.10. The van der Waals surface area contributed by atoms with Gasteiger partial charge in [0.05, 0.1) is 5.92 Å². The van der Waals surface area contributed by atoms with Crippen LogP contribution in [0.3, 0.4) is 0 Å². The normalized spacial score (nSPS) is 19.8. The van der Waals surface area contributed by atoms with Crippen molar-refractivity contribution in [2.24, 2.45) is 5.92 Å². The second-order valence-corrected chi connectivity index (χ2v) is 6.06. The second-order valence-electron chi connectivity index (χ2n) is 5.62. The van der Waals surface area contributed by atoms with Crippen LogP contribution >= 0.6 is 11.6 Å². The molecule has 0 aliphatic carbocycles. The Morgan fingerprint density at radius 2 is 2.15 bits per heavy atom. The van der Waals surface area contributed by atoms with Gasteiger partial charge in [-0.15, -0.1) is 0 Å². The molecule has 2 rings (SSSR count). The Morgan fingerprint density at radius 1 is 1.40 bits per heavy atom. The first-order chi connectivity index (χ1) is 9.65. The van der Waals surface area contributed by atoms with Crippen LogP contribution in [-0.4, -0.2) is 37.5 Å². The summed E-state index contributed by atoms with van der Waals surface area (Å²) in [5.41, 5.74) is 1.26. The highest BCUT2D eigenvalue weighted by Crippen LogP contribution is 2.15. The first kappa shape index (κ1) is 15.3. The molecule has 1 aliphatic heterocycles. The van der Waals surface area contributed by atoms with Crippen LogP contribution in [-0.2, 0) is 11.2 Å². The average molecular weight is 295 g/mol. The Balaban J connectivity index is 1.65. The van der Waals surface area contributed by atoms with Crippen LogP contribution in [0.4, 0.5) is 0 Å². The van der Waals surface area contributed by atoms with Crippen LogP contribution in [0.2, 0.25) is 5.02 Å². The molecule has 0 bridgehead atoms. The van der Waals surface area contributed by atoms with Gasteiger partial charge in [0.15, 0.2) is 0 Å². The van der Waals surface area contributed by atoms with Crippen LogP contribution in [0.5, 0.6) is 0 Å². The fraction of sp³-hybridized carbons (Fsp3) is 0.562. The summed E-state index contributed by atoms with van der Waals surface area (Å²) in [6.07, 6.45) is 4.09. The maximum absolute atomic E-state index is 12.0. The van der Waals surface area contributed by atoms with E-state index >= 15 is 0 Å². The van der Waals surface area contributed by atoms with E-state index in [4.69, 9.17) is 11.6 Å². The summed E-state index contributed by atoms with van der Waals surface area (Å²) < 4.78 is 0. The maximum atomic E-state index is 12.0.